The van der Waals surface area contributed by atoms with Gasteiger partial charge < -0.3 is 11.3 Å². The van der Waals surface area contributed by atoms with Gasteiger partial charge in [-0.3, -0.25) is 33.2 Å². The Balaban J connectivity index is 0. The molecular weight excluding hydrogens is 1340 g/mol. The molecule has 0 heterocycles. The Morgan fingerprint density at radius 1 is 0.210 bits per heavy atom. The molecule has 0 rings (SSSR count). The highest BCUT2D eigenvalue weighted by molar-refractivity contribution is 5.76. The second-order valence-electron chi connectivity index (χ2n) is 13.4. The molecule has 0 aromatic carbocycles. The van der Waals surface area contributed by atoms with E-state index in [2.05, 4.69) is 0 Å². The molecule has 57 heteroatoms. The number of hydrogen-bond donors (Lipinski definition) is 2. The summed E-state index contributed by atoms with van der Waals surface area (Å²) in [6.45, 7) is 0. The maximum absolute atomic E-state index is 14.9. The van der Waals surface area contributed by atoms with Gasteiger partial charge in [-0.25, -0.2) is 4.79 Å². The van der Waals surface area contributed by atoms with Crippen LogP contribution in [0.4, 0.5) is 206 Å². The van der Waals surface area contributed by atoms with Gasteiger partial charge in [0.1, 0.15) is 0 Å². The van der Waals surface area contributed by atoms with Crippen molar-refractivity contribution >= 4 is 5.97 Å². The lowest BCUT2D eigenvalue weighted by Gasteiger charge is -2.45. The number of hydrogen-bond acceptors (Lipinski definition) is 8. The van der Waals surface area contributed by atoms with Crippen LogP contribution in [0.5, 0.6) is 0 Å². The Morgan fingerprint density at radius 3 is 0.457 bits per heavy atom. The molecule has 0 saturated carbocycles. The summed E-state index contributed by atoms with van der Waals surface area (Å²) in [5, 5.41) is 8.00. The molecule has 5 N–H and O–H groups in total. The fourth-order valence-electron chi connectivity index (χ4n) is 3.78. The van der Waals surface area contributed by atoms with Crippen molar-refractivity contribution in [3.05, 3.63) is 0 Å². The minimum absolute atomic E-state index is 0. The molecule has 0 aliphatic carbocycles. The fourth-order valence-corrected chi connectivity index (χ4v) is 3.78. The van der Waals surface area contributed by atoms with Crippen LogP contribution in [0.15, 0.2) is 0 Å². The summed E-state index contributed by atoms with van der Waals surface area (Å²) >= 11 is 0. The number of alkyl halides is 47. The number of halogens is 47. The lowest BCUT2D eigenvalue weighted by Crippen LogP contribution is -2.73. The monoisotopic (exact) mass is 1340 g/mol. The number of quaternary nitrogens is 1. The molecule has 488 valence electrons. The lowest BCUT2D eigenvalue weighted by molar-refractivity contribution is -0.608. The quantitative estimate of drug-likeness (QED) is 0.101. The highest BCUT2D eigenvalue weighted by Crippen LogP contribution is 2.64. The average Bonchev–Trinajstić information content (AvgIpc) is 3.12. The summed E-state index contributed by atoms with van der Waals surface area (Å²) in [5.74, 6) is -80.5. The molecule has 0 amide bonds. The lowest BCUT2D eigenvalue weighted by atomic mass is 10.2. The smallest absolute Gasteiger partial charge is 0.462 e. The topological polar surface area (TPSA) is 138 Å². The van der Waals surface area contributed by atoms with Gasteiger partial charge in [0, 0.05) is 0 Å². The Hall–Kier alpha value is -4.14. The summed E-state index contributed by atoms with van der Waals surface area (Å²) in [6, 6.07) is 0. The highest BCUT2D eigenvalue weighted by atomic mass is 19.5. The molecule has 0 spiro atoms. The van der Waals surface area contributed by atoms with Crippen LogP contribution in [0.1, 0.15) is 0 Å². The van der Waals surface area contributed by atoms with Crippen LogP contribution >= 0.6 is 0 Å². The largest absolute Gasteiger partial charge is 0.477 e. The molecule has 0 aromatic heterocycles. The predicted molar refractivity (Wildman–Crippen MR) is 136 cm³/mol. The zero-order valence-electron chi connectivity index (χ0n) is 34.5. The SMILES string of the molecule is O=C(O)C(F)(OC(F)(F)C(F)(OC(F)(F)C(F)(OC(F)(F)C(F)(OC(F)(F)C(F)(OC(F)(F)C(F)(OC(F)(F)C(F)(OC(F)(F)C(F)(F)C(F)(F)F)C(F)(F)F)C(F)(F)F)C(F)(F)F)C(F)(F)F)C(F)(F)F)C(F)(F)F)C(F)(F)F.[NH4+]. The second-order valence-corrected chi connectivity index (χ2v) is 13.4. The first kappa shape index (κ1) is 78.9. The van der Waals surface area contributed by atoms with Gasteiger partial charge in [-0.05, 0) is 0 Å². The van der Waals surface area contributed by atoms with Crippen molar-refractivity contribution in [3.63, 3.8) is 0 Å². The molecular formula is C24H5F47NO9+. The van der Waals surface area contributed by atoms with Gasteiger partial charge in [0.15, 0.2) is 0 Å². The first-order valence-electron chi connectivity index (χ1n) is 16.2. The minimum atomic E-state index is -10.1. The van der Waals surface area contributed by atoms with E-state index in [-0.39, 0.29) is 6.15 Å². The van der Waals surface area contributed by atoms with E-state index in [4.69, 9.17) is 5.11 Å². The van der Waals surface area contributed by atoms with E-state index in [1.807, 2.05) is 0 Å². The van der Waals surface area contributed by atoms with Crippen LogP contribution in [0.3, 0.4) is 0 Å². The van der Waals surface area contributed by atoms with Gasteiger partial charge in [-0.15, -0.1) is 0 Å². The van der Waals surface area contributed by atoms with E-state index >= 15 is 0 Å². The van der Waals surface area contributed by atoms with Crippen molar-refractivity contribution < 1.29 is 249 Å². The van der Waals surface area contributed by atoms with E-state index in [0.29, 0.717) is 28.4 Å². The van der Waals surface area contributed by atoms with Crippen molar-refractivity contribution in [3.8, 4) is 0 Å². The number of carboxylic acid groups (broad SMARTS) is 1. The molecule has 81 heavy (non-hydrogen) atoms. The molecule has 0 aromatic rings. The Morgan fingerprint density at radius 2 is 0.346 bits per heavy atom. The van der Waals surface area contributed by atoms with Gasteiger partial charge in [0.2, 0.25) is 0 Å². The molecule has 7 atom stereocenters. The van der Waals surface area contributed by atoms with Crippen LogP contribution in [0.25, 0.3) is 0 Å². The zero-order chi connectivity index (χ0) is 66.0. The molecule has 0 fully saturated rings. The number of rotatable bonds is 22. The maximum Gasteiger partial charge on any atom is 0.462 e. The number of aliphatic carboxylic acids is 1. The van der Waals surface area contributed by atoms with Gasteiger partial charge >= 0.3 is 145 Å². The molecule has 7 unspecified atom stereocenters. The van der Waals surface area contributed by atoms with Crippen LogP contribution in [0, 0.1) is 0 Å². The third-order valence-electron chi connectivity index (χ3n) is 7.68. The average molecular weight is 1340 g/mol. The Bertz CT molecular complexity index is 2190. The van der Waals surface area contributed by atoms with Gasteiger partial charge in [0.25, 0.3) is 0 Å². The van der Waals surface area contributed by atoms with E-state index in [1.165, 1.54) is 0 Å². The molecule has 0 aliphatic heterocycles. The summed E-state index contributed by atoms with van der Waals surface area (Å²) < 4.78 is 647. The third-order valence-corrected chi connectivity index (χ3v) is 7.68. The van der Waals surface area contributed by atoms with Crippen molar-refractivity contribution in [2.24, 2.45) is 0 Å². The first-order chi connectivity index (χ1) is 33.6. The van der Waals surface area contributed by atoms with Gasteiger partial charge in [-0.2, -0.15) is 206 Å². The summed E-state index contributed by atoms with van der Waals surface area (Å²) in [4.78, 5) is 10.4. The normalized spacial score (nSPS) is 20.8. The van der Waals surface area contributed by atoms with E-state index in [1.54, 1.807) is 0 Å². The Labute approximate surface area is 402 Å². The van der Waals surface area contributed by atoms with Crippen LogP contribution in [-0.4, -0.2) is 150 Å². The maximum atomic E-state index is 14.9. The summed E-state index contributed by atoms with van der Waals surface area (Å²) in [5.41, 5.74) is 0. The number of carboxylic acids is 1. The number of ether oxygens (including phenoxy) is 7. The zero-order valence-corrected chi connectivity index (χ0v) is 34.5. The van der Waals surface area contributed by atoms with Crippen molar-refractivity contribution in [1.29, 1.82) is 0 Å². The van der Waals surface area contributed by atoms with E-state index in [0.717, 1.165) is 4.74 Å². The Kier molecular flexibility index (Phi) is 20.0. The van der Waals surface area contributed by atoms with Gasteiger partial charge in [-0.1, -0.05) is 0 Å². The second kappa shape index (κ2) is 20.5. The molecule has 0 radical (unpaired) electrons. The van der Waals surface area contributed by atoms with Gasteiger partial charge in [0.05, 0.1) is 0 Å². The summed E-state index contributed by atoms with van der Waals surface area (Å²) in [7, 11) is 0. The van der Waals surface area contributed by atoms with Crippen LogP contribution in [-0.2, 0) is 38.0 Å². The fraction of sp³-hybridized carbons (Fsp3) is 0.958. The minimum Gasteiger partial charge on any atom is -0.477 e. The standard InChI is InChI=1S/C24HF47O9.H3N/c25-2(1(72)73,10(34,35)36)74-19(60,61)4(28,12(40,41)42)76-21(64,65)6(30,14(46,47)48)78-23(68,69)8(32,16(52,53)54)80-24(70,71)9(33,17(55,56)57)79-22(66,67)7(31,15(49,50)51)77-20(62,63)5(29,13(43,44)45)75-18(58,59)3(26,27)11(37,38)39;/h(H,72,73);1H3/p+1. The van der Waals surface area contributed by atoms with Crippen molar-refractivity contribution in [1.82, 2.24) is 6.15 Å². The van der Waals surface area contributed by atoms with Crippen LogP contribution < -0.4 is 6.15 Å². The van der Waals surface area contributed by atoms with Crippen LogP contribution in [0.2, 0.25) is 0 Å². The third kappa shape index (κ3) is 12.9. The molecule has 10 nitrogen and oxygen atoms in total. The van der Waals surface area contributed by atoms with E-state index < -0.39 is 145 Å². The molecule has 0 saturated heterocycles. The highest BCUT2D eigenvalue weighted by Gasteiger charge is 2.93. The molecule has 0 aliphatic rings. The van der Waals surface area contributed by atoms with E-state index in [9.17, 15) is 211 Å². The number of carbonyl (C=O) groups is 1. The molecule has 0 bridgehead atoms. The first-order valence-corrected chi connectivity index (χ1v) is 16.2. The predicted octanol–water partition coefficient (Wildman–Crippen LogP) is 14.5. The van der Waals surface area contributed by atoms with Crippen molar-refractivity contribution in [2.75, 3.05) is 0 Å². The van der Waals surface area contributed by atoms with Crippen molar-refractivity contribution in [2.45, 2.75) is 139 Å². The summed E-state index contributed by atoms with van der Waals surface area (Å²) in [6.07, 6.45) is -141.